The van der Waals surface area contributed by atoms with E-state index in [-0.39, 0.29) is 4.90 Å². The number of rotatable bonds is 5. The van der Waals surface area contributed by atoms with Gasteiger partial charge in [0.15, 0.2) is 0 Å². The van der Waals surface area contributed by atoms with Gasteiger partial charge in [-0.15, -0.1) is 0 Å². The van der Waals surface area contributed by atoms with Crippen molar-refractivity contribution in [2.75, 3.05) is 5.32 Å². The van der Waals surface area contributed by atoms with Crippen LogP contribution in [0, 0.1) is 34.4 Å². The molecule has 0 saturated heterocycles. The summed E-state index contributed by atoms with van der Waals surface area (Å²) < 4.78 is 44.2. The maximum atomic E-state index is 12.5. The molecule has 42 heavy (non-hydrogen) atoms. The van der Waals surface area contributed by atoms with E-state index in [4.69, 9.17) is 4.42 Å². The Morgan fingerprint density at radius 3 is 2.07 bits per heavy atom. The third kappa shape index (κ3) is 5.40. The predicted molar refractivity (Wildman–Crippen MR) is 179 cm³/mol. The molecule has 2 N–H and O–H groups in total. The highest BCUT2D eigenvalue weighted by molar-refractivity contribution is 14.2. The van der Waals surface area contributed by atoms with Gasteiger partial charge in [0.25, 0.3) is 10.1 Å². The number of hydrogen-bond acceptors (Lipinski definition) is 4. The van der Waals surface area contributed by atoms with E-state index in [2.05, 4.69) is 75.5 Å². The molecule has 6 rings (SSSR count). The van der Waals surface area contributed by atoms with E-state index >= 15 is 0 Å². The SMILES string of the molecule is Cc1cccc(C)c1Nc1ccc2c(-c3ccccc3S(=O)(=O)O)c3ccc(=Ic4c(C)cccc4C)cc-3oc2c1. The van der Waals surface area contributed by atoms with E-state index in [0.717, 1.165) is 33.5 Å². The zero-order valence-electron chi connectivity index (χ0n) is 23.7. The quantitative estimate of drug-likeness (QED) is 0.107. The molecule has 1 aliphatic heterocycles. The van der Waals surface area contributed by atoms with Gasteiger partial charge in [-0.3, -0.25) is 4.55 Å². The first kappa shape index (κ1) is 28.3. The Kier molecular flexibility index (Phi) is 7.51. The fraction of sp³-hybridized carbons (Fsp3) is 0.114. The van der Waals surface area contributed by atoms with Gasteiger partial charge in [-0.25, -0.2) is 0 Å². The maximum Gasteiger partial charge on any atom is 0.295 e. The number of aryl methyl sites for hydroxylation is 4. The van der Waals surface area contributed by atoms with E-state index in [0.29, 0.717) is 22.5 Å². The Balaban J connectivity index is 1.64. The van der Waals surface area contributed by atoms with Gasteiger partial charge in [-0.1, -0.05) is 75.3 Å². The zero-order chi connectivity index (χ0) is 29.6. The number of fused-ring (bicyclic) bond motifs is 2. The number of halogens is 1. The van der Waals surface area contributed by atoms with Crippen LogP contribution < -0.4 is 5.32 Å². The summed E-state index contributed by atoms with van der Waals surface area (Å²) in [5.41, 5.74) is 9.25. The first-order valence-electron chi connectivity index (χ1n) is 13.5. The fourth-order valence-electron chi connectivity index (χ4n) is 5.40. The molecule has 2 aliphatic rings. The van der Waals surface area contributed by atoms with Crippen LogP contribution in [-0.2, 0) is 10.1 Å². The Labute approximate surface area is 255 Å². The number of benzene rings is 5. The molecule has 1 heterocycles. The summed E-state index contributed by atoms with van der Waals surface area (Å²) in [6.07, 6.45) is 0. The molecule has 0 saturated carbocycles. The minimum atomic E-state index is -4.47. The lowest BCUT2D eigenvalue weighted by Crippen LogP contribution is -2.02. The van der Waals surface area contributed by atoms with E-state index < -0.39 is 30.8 Å². The zero-order valence-corrected chi connectivity index (χ0v) is 26.7. The number of nitrogens with one attached hydrogen (secondary N) is 1. The van der Waals surface area contributed by atoms with Crippen LogP contribution in [0.1, 0.15) is 22.3 Å². The largest absolute Gasteiger partial charge is 0.456 e. The third-order valence-corrected chi connectivity index (χ3v) is 11.9. The van der Waals surface area contributed by atoms with Crippen LogP contribution in [0.5, 0.6) is 0 Å². The van der Waals surface area contributed by atoms with Gasteiger partial charge in [0.2, 0.25) is 0 Å². The van der Waals surface area contributed by atoms with Crippen LogP contribution in [0.2, 0.25) is 0 Å². The van der Waals surface area contributed by atoms with Gasteiger partial charge in [-0.05, 0) is 86.3 Å². The van der Waals surface area contributed by atoms with Crippen molar-refractivity contribution in [1.29, 1.82) is 0 Å². The highest BCUT2D eigenvalue weighted by Gasteiger charge is 2.23. The summed E-state index contributed by atoms with van der Waals surface area (Å²) in [6.45, 7) is 8.44. The highest BCUT2D eigenvalue weighted by Crippen LogP contribution is 2.44. The molecule has 5 nitrogen and oxygen atoms in total. The molecule has 7 heteroatoms. The molecular weight excluding hydrogens is 657 g/mol. The number of anilines is 2. The Bertz CT molecular complexity index is 2110. The molecule has 0 unspecified atom stereocenters. The van der Waals surface area contributed by atoms with E-state index in [1.54, 1.807) is 18.2 Å². The third-order valence-electron chi connectivity index (χ3n) is 7.46. The molecule has 0 fully saturated rings. The van der Waals surface area contributed by atoms with Crippen molar-refractivity contribution in [3.8, 4) is 22.5 Å². The van der Waals surface area contributed by atoms with Gasteiger partial charge >= 0.3 is 0 Å². The minimum absolute atomic E-state index is 0.136. The number of para-hydroxylation sites is 1. The maximum absolute atomic E-state index is 12.5. The monoisotopic (exact) mass is 687 g/mol. The van der Waals surface area contributed by atoms with Crippen molar-refractivity contribution in [2.45, 2.75) is 32.6 Å². The lowest BCUT2D eigenvalue weighted by Gasteiger charge is -2.18. The molecule has 4 aromatic rings. The van der Waals surface area contributed by atoms with E-state index in [1.807, 2.05) is 30.3 Å². The average molecular weight is 688 g/mol. The summed E-state index contributed by atoms with van der Waals surface area (Å²) in [7, 11) is -4.47. The summed E-state index contributed by atoms with van der Waals surface area (Å²) in [5, 5.41) is 4.29. The van der Waals surface area contributed by atoms with Crippen molar-refractivity contribution >= 4 is 53.2 Å². The van der Waals surface area contributed by atoms with E-state index in [9.17, 15) is 13.0 Å². The van der Waals surface area contributed by atoms with Crippen molar-refractivity contribution in [3.63, 3.8) is 0 Å². The molecule has 1 aliphatic carbocycles. The summed E-state index contributed by atoms with van der Waals surface area (Å²) in [4.78, 5) is -0.136. The first-order valence-corrected chi connectivity index (χ1v) is 17.1. The molecular formula is C35H30INO4S. The molecule has 0 spiro atoms. The first-order chi connectivity index (χ1) is 20.1. The highest BCUT2D eigenvalue weighted by atomic mass is 127. The lowest BCUT2D eigenvalue weighted by molar-refractivity contribution is 0.483. The average Bonchev–Trinajstić information content (AvgIpc) is 2.95. The van der Waals surface area contributed by atoms with Crippen LogP contribution in [0.25, 0.3) is 33.4 Å². The van der Waals surface area contributed by atoms with Crippen molar-refractivity contribution in [1.82, 2.24) is 0 Å². The van der Waals surface area contributed by atoms with Crippen molar-refractivity contribution in [3.05, 3.63) is 126 Å². The molecule has 0 aromatic heterocycles. The minimum Gasteiger partial charge on any atom is -0.456 e. The Morgan fingerprint density at radius 1 is 0.714 bits per heavy atom. The lowest BCUT2D eigenvalue weighted by atomic mass is 9.93. The predicted octanol–water partition coefficient (Wildman–Crippen LogP) is 9.80. The summed E-state index contributed by atoms with van der Waals surface area (Å²) >= 11 is -0.480. The van der Waals surface area contributed by atoms with Gasteiger partial charge in [-0.2, -0.15) is 8.42 Å². The second kappa shape index (κ2) is 11.1. The van der Waals surface area contributed by atoms with Gasteiger partial charge in [0, 0.05) is 46.2 Å². The molecule has 0 radical (unpaired) electrons. The van der Waals surface area contributed by atoms with Gasteiger partial charge < -0.3 is 9.73 Å². The molecule has 4 aromatic carbocycles. The molecule has 212 valence electrons. The van der Waals surface area contributed by atoms with Crippen molar-refractivity contribution < 1.29 is 17.4 Å². The summed E-state index contributed by atoms with van der Waals surface area (Å²) in [5.74, 6) is 0.662. The fourth-order valence-corrected chi connectivity index (χ4v) is 8.73. The summed E-state index contributed by atoms with van der Waals surface area (Å²) in [6, 6.07) is 31.2. The van der Waals surface area contributed by atoms with Crippen LogP contribution in [0.15, 0.2) is 106 Å². The standard InChI is InChI=1S/C35H30INO4S/c1-21-9-7-10-22(2)34(21)36-25-15-17-27-30(19-25)41-31-20-26(37-35-23(3)11-8-12-24(35)4)16-18-28(31)33(27)29-13-5-6-14-32(29)42(38,39)40/h5-20,37H,1-4H3,(H,38,39,40). The normalized spacial score (nSPS) is 12.5. The van der Waals surface area contributed by atoms with E-state index in [1.165, 1.54) is 23.9 Å². The Morgan fingerprint density at radius 2 is 1.38 bits per heavy atom. The molecule has 0 amide bonds. The second-order valence-corrected chi connectivity index (χ2v) is 14.7. The smallest absolute Gasteiger partial charge is 0.295 e. The topological polar surface area (TPSA) is 79.5 Å². The van der Waals surface area contributed by atoms with Gasteiger partial charge in [0.1, 0.15) is 16.2 Å². The molecule has 0 atom stereocenters. The second-order valence-electron chi connectivity index (χ2n) is 10.5. The van der Waals surface area contributed by atoms with Crippen molar-refractivity contribution in [2.24, 2.45) is 0 Å². The van der Waals surface area contributed by atoms with Crippen LogP contribution in [0.3, 0.4) is 0 Å². The number of hydrogen-bond donors (Lipinski definition) is 2. The molecule has 0 bridgehead atoms. The van der Waals surface area contributed by atoms with Crippen LogP contribution >= 0.6 is 20.7 Å². The van der Waals surface area contributed by atoms with Crippen LogP contribution in [-0.4, -0.2) is 13.0 Å². The van der Waals surface area contributed by atoms with Gasteiger partial charge in [0.05, 0.1) is 0 Å². The Hall–Kier alpha value is -3.79. The van der Waals surface area contributed by atoms with Crippen LogP contribution in [0.4, 0.5) is 11.4 Å².